The van der Waals surface area contributed by atoms with Crippen molar-refractivity contribution in [3.63, 3.8) is 0 Å². The molecule has 1 amide bonds. The number of rotatable bonds is 6. The zero-order valence-corrected chi connectivity index (χ0v) is 23.3. The Morgan fingerprint density at radius 3 is 2.30 bits per heavy atom. The first-order chi connectivity index (χ1) is 19.5. The molecule has 0 atom stereocenters. The van der Waals surface area contributed by atoms with Crippen LogP contribution in [0.25, 0.3) is 28.0 Å². The second-order valence-corrected chi connectivity index (χ2v) is 10.6. The van der Waals surface area contributed by atoms with Gasteiger partial charge in [-0.05, 0) is 61.4 Å². The summed E-state index contributed by atoms with van der Waals surface area (Å²) in [6.45, 7) is 7.90. The van der Waals surface area contributed by atoms with Crippen LogP contribution in [0.15, 0.2) is 91.1 Å². The zero-order valence-electron chi connectivity index (χ0n) is 23.3. The van der Waals surface area contributed by atoms with Crippen molar-refractivity contribution >= 4 is 11.6 Å². The summed E-state index contributed by atoms with van der Waals surface area (Å²) in [6.07, 6.45) is 2.20. The van der Waals surface area contributed by atoms with Gasteiger partial charge in [0.25, 0.3) is 5.91 Å². The molecule has 0 N–H and O–H groups in total. The first-order valence-electron chi connectivity index (χ1n) is 13.8. The Morgan fingerprint density at radius 2 is 1.55 bits per heavy atom. The van der Waals surface area contributed by atoms with Gasteiger partial charge in [0.2, 0.25) is 0 Å². The van der Waals surface area contributed by atoms with Gasteiger partial charge in [0.05, 0.1) is 18.5 Å². The minimum atomic E-state index is 0.106. The molecule has 3 aromatic carbocycles. The number of hydrogen-bond acceptors (Lipinski definition) is 4. The predicted octanol–water partition coefficient (Wildman–Crippen LogP) is 6.25. The number of nitrogens with zero attached hydrogens (tertiary/aromatic N) is 4. The maximum Gasteiger partial charge on any atom is 0.253 e. The molecule has 1 aliphatic rings. The van der Waals surface area contributed by atoms with Crippen LogP contribution >= 0.6 is 0 Å². The standard InChI is InChI=1S/C34H34N4O2/c1-24-10-12-26(13-11-24)34(39)37-18-16-36(17-19-37)23-31-33(28-8-5-9-30(21-28)40-3)35-32-15-14-29(22-38(31)32)27-7-4-6-25(2)20-27/h4-15,20-22H,16-19,23H2,1-3H3. The number of aryl methyl sites for hydroxylation is 2. The fourth-order valence-corrected chi connectivity index (χ4v) is 5.44. The van der Waals surface area contributed by atoms with E-state index in [4.69, 9.17) is 9.72 Å². The van der Waals surface area contributed by atoms with E-state index in [1.54, 1.807) is 7.11 Å². The van der Waals surface area contributed by atoms with Gasteiger partial charge >= 0.3 is 0 Å². The summed E-state index contributed by atoms with van der Waals surface area (Å²) in [4.78, 5) is 22.6. The van der Waals surface area contributed by atoms with Crippen LogP contribution in [-0.4, -0.2) is 58.4 Å². The van der Waals surface area contributed by atoms with Crippen LogP contribution in [-0.2, 0) is 6.54 Å². The van der Waals surface area contributed by atoms with E-state index < -0.39 is 0 Å². The maximum atomic E-state index is 13.1. The fourth-order valence-electron chi connectivity index (χ4n) is 5.44. The minimum absolute atomic E-state index is 0.106. The maximum absolute atomic E-state index is 13.1. The van der Waals surface area contributed by atoms with E-state index in [9.17, 15) is 4.79 Å². The number of hydrogen-bond donors (Lipinski definition) is 0. The number of pyridine rings is 1. The summed E-state index contributed by atoms with van der Waals surface area (Å²) < 4.78 is 7.76. The second kappa shape index (κ2) is 11.0. The molecule has 0 spiro atoms. The van der Waals surface area contributed by atoms with Gasteiger partial charge in [-0.15, -0.1) is 0 Å². The van der Waals surface area contributed by atoms with Gasteiger partial charge < -0.3 is 14.0 Å². The van der Waals surface area contributed by atoms with Crippen molar-refractivity contribution in [3.05, 3.63) is 114 Å². The highest BCUT2D eigenvalue weighted by atomic mass is 16.5. The first-order valence-corrected chi connectivity index (χ1v) is 13.8. The minimum Gasteiger partial charge on any atom is -0.497 e. The van der Waals surface area contributed by atoms with Crippen molar-refractivity contribution in [2.75, 3.05) is 33.3 Å². The quantitative estimate of drug-likeness (QED) is 0.260. The van der Waals surface area contributed by atoms with Gasteiger partial charge in [-0.25, -0.2) is 4.98 Å². The van der Waals surface area contributed by atoms with E-state index in [1.165, 1.54) is 11.1 Å². The van der Waals surface area contributed by atoms with E-state index >= 15 is 0 Å². The molecule has 3 heterocycles. The van der Waals surface area contributed by atoms with E-state index in [-0.39, 0.29) is 5.91 Å². The topological polar surface area (TPSA) is 50.1 Å². The number of methoxy groups -OCH3 is 1. The van der Waals surface area contributed by atoms with E-state index in [0.717, 1.165) is 64.7 Å². The molecule has 0 aliphatic carbocycles. The van der Waals surface area contributed by atoms with Gasteiger partial charge in [-0.3, -0.25) is 9.69 Å². The average molecular weight is 531 g/mol. The highest BCUT2D eigenvalue weighted by molar-refractivity contribution is 5.94. The van der Waals surface area contributed by atoms with Crippen LogP contribution in [0.3, 0.4) is 0 Å². The highest BCUT2D eigenvalue weighted by Crippen LogP contribution is 2.30. The Morgan fingerprint density at radius 1 is 0.800 bits per heavy atom. The van der Waals surface area contributed by atoms with E-state index in [1.807, 2.05) is 54.3 Å². The summed E-state index contributed by atoms with van der Waals surface area (Å²) in [5, 5.41) is 0. The second-order valence-electron chi connectivity index (χ2n) is 10.6. The highest BCUT2D eigenvalue weighted by Gasteiger charge is 2.25. The summed E-state index contributed by atoms with van der Waals surface area (Å²) in [5.74, 6) is 0.915. The largest absolute Gasteiger partial charge is 0.497 e. The molecule has 40 heavy (non-hydrogen) atoms. The summed E-state index contributed by atoms with van der Waals surface area (Å²) in [5.41, 5.74) is 9.53. The predicted molar refractivity (Wildman–Crippen MR) is 160 cm³/mol. The number of carbonyl (C=O) groups is 1. The average Bonchev–Trinajstić information content (AvgIpc) is 3.35. The van der Waals surface area contributed by atoms with Crippen LogP contribution in [0.4, 0.5) is 0 Å². The zero-order chi connectivity index (χ0) is 27.6. The van der Waals surface area contributed by atoms with Gasteiger partial charge in [0.1, 0.15) is 11.4 Å². The molecule has 0 radical (unpaired) electrons. The Labute approximate surface area is 235 Å². The lowest BCUT2D eigenvalue weighted by molar-refractivity contribution is 0.0627. The monoisotopic (exact) mass is 530 g/mol. The number of benzene rings is 3. The molecule has 2 aromatic heterocycles. The molecule has 6 nitrogen and oxygen atoms in total. The Balaban J connectivity index is 1.31. The van der Waals surface area contributed by atoms with Gasteiger partial charge in [-0.2, -0.15) is 0 Å². The van der Waals surface area contributed by atoms with Crippen LogP contribution in [0.2, 0.25) is 0 Å². The molecule has 6 rings (SSSR count). The molecule has 202 valence electrons. The molecule has 1 saturated heterocycles. The summed E-state index contributed by atoms with van der Waals surface area (Å²) in [6, 6.07) is 28.8. The van der Waals surface area contributed by atoms with Crippen molar-refractivity contribution in [1.82, 2.24) is 19.2 Å². The van der Waals surface area contributed by atoms with Gasteiger partial charge in [0, 0.05) is 50.0 Å². The smallest absolute Gasteiger partial charge is 0.253 e. The third-order valence-electron chi connectivity index (χ3n) is 7.74. The third-order valence-corrected chi connectivity index (χ3v) is 7.74. The van der Waals surface area contributed by atoms with Crippen molar-refractivity contribution in [2.45, 2.75) is 20.4 Å². The van der Waals surface area contributed by atoms with Gasteiger partial charge in [-0.1, -0.05) is 59.7 Å². The normalized spacial score (nSPS) is 14.0. The first kappa shape index (κ1) is 25.8. The van der Waals surface area contributed by atoms with E-state index in [0.29, 0.717) is 13.1 Å². The molecular weight excluding hydrogens is 496 g/mol. The Kier molecular flexibility index (Phi) is 7.10. The lowest BCUT2D eigenvalue weighted by Crippen LogP contribution is -2.48. The molecular formula is C34H34N4O2. The van der Waals surface area contributed by atoms with Gasteiger partial charge in [0.15, 0.2) is 0 Å². The number of fused-ring (bicyclic) bond motifs is 1. The Bertz CT molecular complexity index is 1660. The molecule has 1 aliphatic heterocycles. The number of ether oxygens (including phenoxy) is 1. The van der Waals surface area contributed by atoms with Crippen molar-refractivity contribution < 1.29 is 9.53 Å². The van der Waals surface area contributed by atoms with Crippen molar-refractivity contribution in [2.24, 2.45) is 0 Å². The molecule has 5 aromatic rings. The number of piperazine rings is 1. The van der Waals surface area contributed by atoms with Crippen molar-refractivity contribution in [3.8, 4) is 28.1 Å². The number of carbonyl (C=O) groups excluding carboxylic acids is 1. The van der Waals surface area contributed by atoms with Crippen LogP contribution < -0.4 is 4.74 Å². The lowest BCUT2D eigenvalue weighted by Gasteiger charge is -2.34. The molecule has 0 saturated carbocycles. The molecule has 6 heteroatoms. The molecule has 0 unspecified atom stereocenters. The molecule has 1 fully saturated rings. The molecule has 0 bridgehead atoms. The van der Waals surface area contributed by atoms with E-state index in [2.05, 4.69) is 64.9 Å². The van der Waals surface area contributed by atoms with Crippen LogP contribution in [0.5, 0.6) is 5.75 Å². The van der Waals surface area contributed by atoms with Crippen LogP contribution in [0, 0.1) is 13.8 Å². The third kappa shape index (κ3) is 5.23. The lowest BCUT2D eigenvalue weighted by atomic mass is 10.1. The summed E-state index contributed by atoms with van der Waals surface area (Å²) >= 11 is 0. The van der Waals surface area contributed by atoms with Crippen molar-refractivity contribution in [1.29, 1.82) is 0 Å². The summed E-state index contributed by atoms with van der Waals surface area (Å²) in [7, 11) is 1.69. The number of aromatic nitrogens is 2. The van der Waals surface area contributed by atoms with Crippen LogP contribution in [0.1, 0.15) is 27.2 Å². The SMILES string of the molecule is COc1cccc(-c2nc3ccc(-c4cccc(C)c4)cn3c2CN2CCN(C(=O)c3ccc(C)cc3)CC2)c1. The number of imidazole rings is 1. The fraction of sp³-hybridized carbons (Fsp3) is 0.235. The Hall–Kier alpha value is -4.42. The number of amides is 1.